The molecule has 0 radical (unpaired) electrons. The van der Waals surface area contributed by atoms with Gasteiger partial charge in [0.2, 0.25) is 0 Å². The van der Waals surface area contributed by atoms with Gasteiger partial charge in [-0.3, -0.25) is 4.57 Å². The van der Waals surface area contributed by atoms with Crippen molar-refractivity contribution in [2.45, 2.75) is 13.5 Å². The Morgan fingerprint density at radius 3 is 2.55 bits per heavy atom. The van der Waals surface area contributed by atoms with Gasteiger partial charge in [-0.05, 0) is 36.8 Å². The number of fused-ring (bicyclic) bond motifs is 1. The fourth-order valence-corrected chi connectivity index (χ4v) is 3.51. The number of H-pyrrole nitrogens is 1. The summed E-state index contributed by atoms with van der Waals surface area (Å²) in [5.41, 5.74) is 3.08. The Labute approximate surface area is 167 Å². The first-order valence-electron chi connectivity index (χ1n) is 9.38. The maximum Gasteiger partial charge on any atom is 0.326 e. The summed E-state index contributed by atoms with van der Waals surface area (Å²) in [5, 5.41) is 0. The van der Waals surface area contributed by atoms with Crippen molar-refractivity contribution >= 4 is 11.0 Å². The molecule has 0 spiro atoms. The summed E-state index contributed by atoms with van der Waals surface area (Å²) in [6.45, 7) is 2.77. The van der Waals surface area contributed by atoms with Crippen molar-refractivity contribution in [1.29, 1.82) is 0 Å². The minimum atomic E-state index is -0.329. The number of hydrogen-bond acceptors (Lipinski definition) is 3. The molecule has 0 atom stereocenters. The van der Waals surface area contributed by atoms with Gasteiger partial charge in [0.05, 0.1) is 31.3 Å². The standard InChI is InChI=1S/C23H21FN2O3/c1-3-29-21-13-15(11-12-20(21)28-2)14-26-19-10-6-8-17(22(19)25-23(26)27)16-7-4-5-9-18(16)24/h4-13H,3,14H2,1-2H3,(H,25,27). The Kier molecular flexibility index (Phi) is 5.08. The summed E-state index contributed by atoms with van der Waals surface area (Å²) < 4.78 is 26.9. The molecule has 148 valence electrons. The molecule has 0 amide bonds. The fraction of sp³-hybridized carbons (Fsp3) is 0.174. The van der Waals surface area contributed by atoms with Gasteiger partial charge in [0.1, 0.15) is 5.82 Å². The number of aromatic amines is 1. The summed E-state index contributed by atoms with van der Waals surface area (Å²) in [4.78, 5) is 15.6. The van der Waals surface area contributed by atoms with Gasteiger partial charge in [0, 0.05) is 11.1 Å². The maximum absolute atomic E-state index is 14.3. The van der Waals surface area contributed by atoms with E-state index in [4.69, 9.17) is 9.47 Å². The van der Waals surface area contributed by atoms with Gasteiger partial charge in [-0.2, -0.15) is 0 Å². The Hall–Kier alpha value is -3.54. The van der Waals surface area contributed by atoms with E-state index in [1.165, 1.54) is 6.07 Å². The van der Waals surface area contributed by atoms with Crippen LogP contribution in [0.3, 0.4) is 0 Å². The van der Waals surface area contributed by atoms with Crippen molar-refractivity contribution in [2.75, 3.05) is 13.7 Å². The summed E-state index contributed by atoms with van der Waals surface area (Å²) in [7, 11) is 1.59. The summed E-state index contributed by atoms with van der Waals surface area (Å²) in [6, 6.07) is 17.6. The molecule has 1 N–H and O–H groups in total. The van der Waals surface area contributed by atoms with E-state index in [0.29, 0.717) is 46.8 Å². The summed E-state index contributed by atoms with van der Waals surface area (Å²) in [6.07, 6.45) is 0. The lowest BCUT2D eigenvalue weighted by atomic mass is 10.0. The van der Waals surface area contributed by atoms with Crippen molar-refractivity contribution in [2.24, 2.45) is 0 Å². The number of ether oxygens (including phenoxy) is 2. The Bertz CT molecular complexity index is 1230. The molecular formula is C23H21FN2O3. The van der Waals surface area contributed by atoms with Gasteiger partial charge >= 0.3 is 5.69 Å². The summed E-state index contributed by atoms with van der Waals surface area (Å²) in [5.74, 6) is 0.946. The highest BCUT2D eigenvalue weighted by Crippen LogP contribution is 2.30. The Morgan fingerprint density at radius 1 is 1.00 bits per heavy atom. The van der Waals surface area contributed by atoms with Crippen LogP contribution in [0.5, 0.6) is 11.5 Å². The third-order valence-electron chi connectivity index (χ3n) is 4.84. The van der Waals surface area contributed by atoms with Crippen molar-refractivity contribution in [3.05, 3.63) is 82.5 Å². The van der Waals surface area contributed by atoms with Gasteiger partial charge in [-0.15, -0.1) is 0 Å². The number of aromatic nitrogens is 2. The minimum absolute atomic E-state index is 0.252. The van der Waals surface area contributed by atoms with Crippen LogP contribution in [0.4, 0.5) is 4.39 Å². The van der Waals surface area contributed by atoms with Crippen LogP contribution in [-0.4, -0.2) is 23.3 Å². The van der Waals surface area contributed by atoms with E-state index in [0.717, 1.165) is 5.56 Å². The van der Waals surface area contributed by atoms with E-state index in [1.807, 2.05) is 43.3 Å². The molecule has 1 aromatic heterocycles. The lowest BCUT2D eigenvalue weighted by Gasteiger charge is -2.12. The molecule has 0 unspecified atom stereocenters. The van der Waals surface area contributed by atoms with E-state index in [-0.39, 0.29) is 11.5 Å². The monoisotopic (exact) mass is 392 g/mol. The average Bonchev–Trinajstić information content (AvgIpc) is 3.04. The highest BCUT2D eigenvalue weighted by Gasteiger charge is 2.15. The molecule has 5 nitrogen and oxygen atoms in total. The van der Waals surface area contributed by atoms with Gasteiger partial charge in [-0.25, -0.2) is 9.18 Å². The number of nitrogens with zero attached hydrogens (tertiary/aromatic N) is 1. The number of methoxy groups -OCH3 is 1. The Morgan fingerprint density at radius 2 is 1.79 bits per heavy atom. The van der Waals surface area contributed by atoms with Crippen LogP contribution in [0, 0.1) is 5.82 Å². The van der Waals surface area contributed by atoms with E-state index < -0.39 is 0 Å². The summed E-state index contributed by atoms with van der Waals surface area (Å²) >= 11 is 0. The van der Waals surface area contributed by atoms with Crippen molar-refractivity contribution in [3.8, 4) is 22.6 Å². The number of rotatable bonds is 6. The minimum Gasteiger partial charge on any atom is -0.493 e. The molecule has 0 bridgehead atoms. The molecule has 4 rings (SSSR count). The quantitative estimate of drug-likeness (QED) is 0.522. The fourth-order valence-electron chi connectivity index (χ4n) is 3.51. The first-order valence-corrected chi connectivity index (χ1v) is 9.38. The second-order valence-electron chi connectivity index (χ2n) is 6.61. The predicted octanol–water partition coefficient (Wildman–Crippen LogP) is 4.59. The van der Waals surface area contributed by atoms with Crippen LogP contribution < -0.4 is 15.2 Å². The first kappa shape index (κ1) is 18.8. The van der Waals surface area contributed by atoms with E-state index >= 15 is 0 Å². The van der Waals surface area contributed by atoms with Crippen LogP contribution in [0.25, 0.3) is 22.2 Å². The zero-order valence-corrected chi connectivity index (χ0v) is 16.2. The molecule has 0 aliphatic carbocycles. The number of hydrogen-bond donors (Lipinski definition) is 1. The lowest BCUT2D eigenvalue weighted by molar-refractivity contribution is 0.310. The first-order chi connectivity index (χ1) is 14.1. The van der Waals surface area contributed by atoms with Crippen molar-refractivity contribution < 1.29 is 13.9 Å². The van der Waals surface area contributed by atoms with Crippen LogP contribution in [-0.2, 0) is 6.54 Å². The average molecular weight is 392 g/mol. The van der Waals surface area contributed by atoms with Gasteiger partial charge < -0.3 is 14.5 Å². The Balaban J connectivity index is 1.79. The van der Waals surface area contributed by atoms with Gasteiger partial charge in [0.25, 0.3) is 0 Å². The van der Waals surface area contributed by atoms with E-state index in [1.54, 1.807) is 29.9 Å². The molecule has 29 heavy (non-hydrogen) atoms. The molecule has 0 aliphatic heterocycles. The third-order valence-corrected chi connectivity index (χ3v) is 4.84. The van der Waals surface area contributed by atoms with E-state index in [9.17, 15) is 9.18 Å². The lowest BCUT2D eigenvalue weighted by Crippen LogP contribution is -2.17. The molecule has 1 heterocycles. The smallest absolute Gasteiger partial charge is 0.326 e. The highest BCUT2D eigenvalue weighted by atomic mass is 19.1. The number of nitrogens with one attached hydrogen (secondary N) is 1. The SMILES string of the molecule is CCOc1cc(Cn2c(=O)[nH]c3c(-c4ccccc4F)cccc32)ccc1OC. The van der Waals surface area contributed by atoms with E-state index in [2.05, 4.69) is 4.98 Å². The van der Waals surface area contributed by atoms with Crippen LogP contribution in [0.1, 0.15) is 12.5 Å². The van der Waals surface area contributed by atoms with Crippen LogP contribution in [0.2, 0.25) is 0 Å². The number of benzene rings is 3. The highest BCUT2D eigenvalue weighted by molar-refractivity contribution is 5.92. The third kappa shape index (κ3) is 3.49. The molecule has 4 aromatic rings. The predicted molar refractivity (Wildman–Crippen MR) is 111 cm³/mol. The van der Waals surface area contributed by atoms with Crippen LogP contribution >= 0.6 is 0 Å². The number of para-hydroxylation sites is 1. The van der Waals surface area contributed by atoms with Crippen molar-refractivity contribution in [3.63, 3.8) is 0 Å². The number of imidazole rings is 1. The van der Waals surface area contributed by atoms with Crippen LogP contribution in [0.15, 0.2) is 65.5 Å². The van der Waals surface area contributed by atoms with Crippen molar-refractivity contribution in [1.82, 2.24) is 9.55 Å². The molecule has 0 fully saturated rings. The largest absolute Gasteiger partial charge is 0.493 e. The zero-order valence-electron chi connectivity index (χ0n) is 16.2. The second-order valence-corrected chi connectivity index (χ2v) is 6.61. The van der Waals surface area contributed by atoms with Gasteiger partial charge in [0.15, 0.2) is 11.5 Å². The maximum atomic E-state index is 14.3. The molecule has 3 aromatic carbocycles. The molecular weight excluding hydrogens is 371 g/mol. The molecule has 0 aliphatic rings. The number of halogens is 1. The molecule has 0 saturated heterocycles. The van der Waals surface area contributed by atoms with Gasteiger partial charge in [-0.1, -0.05) is 36.4 Å². The molecule has 0 saturated carbocycles. The second kappa shape index (κ2) is 7.83. The molecule has 6 heteroatoms. The topological polar surface area (TPSA) is 56.2 Å². The zero-order chi connectivity index (χ0) is 20.4. The normalized spacial score (nSPS) is 11.0.